The molecule has 0 aromatic heterocycles. The van der Waals surface area contributed by atoms with E-state index in [1.165, 1.54) is 0 Å². The van der Waals surface area contributed by atoms with Crippen molar-refractivity contribution in [2.45, 2.75) is 45.6 Å². The molecular formula is C26H27NO4. The number of aryl methyl sites for hydroxylation is 1. The Hall–Kier alpha value is -3.21. The summed E-state index contributed by atoms with van der Waals surface area (Å²) in [7, 11) is 1.61. The van der Waals surface area contributed by atoms with Crippen LogP contribution in [0.25, 0.3) is 0 Å². The highest BCUT2D eigenvalue weighted by atomic mass is 16.5. The highest BCUT2D eigenvalue weighted by Gasteiger charge is 2.43. The summed E-state index contributed by atoms with van der Waals surface area (Å²) in [6.07, 6.45) is 2.08. The van der Waals surface area contributed by atoms with Gasteiger partial charge in [0, 0.05) is 29.3 Å². The first-order valence-corrected chi connectivity index (χ1v) is 10.7. The first-order valence-electron chi connectivity index (χ1n) is 10.7. The lowest BCUT2D eigenvalue weighted by molar-refractivity contribution is -0.148. The third kappa shape index (κ3) is 4.31. The Morgan fingerprint density at radius 3 is 2.58 bits per heavy atom. The van der Waals surface area contributed by atoms with Crippen LogP contribution < -0.4 is 4.74 Å². The van der Waals surface area contributed by atoms with Crippen LogP contribution >= 0.6 is 0 Å². The molecule has 0 saturated heterocycles. The maximum absolute atomic E-state index is 13.3. The van der Waals surface area contributed by atoms with Crippen molar-refractivity contribution in [3.63, 3.8) is 0 Å². The van der Waals surface area contributed by atoms with Crippen LogP contribution in [0.1, 0.15) is 48.8 Å². The van der Waals surface area contributed by atoms with E-state index in [9.17, 15) is 9.59 Å². The summed E-state index contributed by atoms with van der Waals surface area (Å²) in [5.41, 5.74) is 5.16. The maximum Gasteiger partial charge on any atom is 0.315 e. The van der Waals surface area contributed by atoms with E-state index < -0.39 is 5.92 Å². The molecule has 0 spiro atoms. The Labute approximate surface area is 182 Å². The lowest BCUT2D eigenvalue weighted by Crippen LogP contribution is -2.37. The van der Waals surface area contributed by atoms with E-state index in [1.807, 2.05) is 56.3 Å². The summed E-state index contributed by atoms with van der Waals surface area (Å²) in [6.45, 7) is 4.04. The van der Waals surface area contributed by atoms with Gasteiger partial charge in [-0.05, 0) is 49.9 Å². The molecule has 0 saturated carbocycles. The number of carbonyl (C=O) groups is 2. The predicted octanol–water partition coefficient (Wildman–Crippen LogP) is 4.93. The minimum absolute atomic E-state index is 0.0944. The van der Waals surface area contributed by atoms with Crippen LogP contribution in [0.15, 0.2) is 64.8 Å². The first-order chi connectivity index (χ1) is 15.0. The first kappa shape index (κ1) is 21.0. The molecule has 2 atom stereocenters. The van der Waals surface area contributed by atoms with Crippen LogP contribution in [-0.2, 0) is 20.9 Å². The van der Waals surface area contributed by atoms with E-state index in [-0.39, 0.29) is 24.3 Å². The second-order valence-corrected chi connectivity index (χ2v) is 8.22. The van der Waals surface area contributed by atoms with E-state index in [1.54, 1.807) is 7.11 Å². The van der Waals surface area contributed by atoms with Gasteiger partial charge in [-0.1, -0.05) is 42.0 Å². The summed E-state index contributed by atoms with van der Waals surface area (Å²) in [5, 5.41) is 0. The van der Waals surface area contributed by atoms with Gasteiger partial charge in [0.2, 0.25) is 0 Å². The van der Waals surface area contributed by atoms with Gasteiger partial charge in [-0.25, -0.2) is 0 Å². The summed E-state index contributed by atoms with van der Waals surface area (Å²) in [4.78, 5) is 30.9. The Bertz CT molecular complexity index is 1070. The lowest BCUT2D eigenvalue weighted by atomic mass is 9.71. The van der Waals surface area contributed by atoms with Gasteiger partial charge in [-0.3, -0.25) is 14.6 Å². The Morgan fingerprint density at radius 2 is 1.87 bits per heavy atom. The summed E-state index contributed by atoms with van der Waals surface area (Å²) >= 11 is 0. The SMILES string of the molecule is COc1ccc(COC(=O)[C@@H]2C(C)=NC3=C(C(=O)CCC3)[C@H]2c2cccc(C)c2)cc1. The topological polar surface area (TPSA) is 65.0 Å². The number of allylic oxidation sites excluding steroid dienone is 2. The number of hydrogen-bond acceptors (Lipinski definition) is 5. The number of methoxy groups -OCH3 is 1. The zero-order valence-corrected chi connectivity index (χ0v) is 18.2. The van der Waals surface area contributed by atoms with Crippen molar-refractivity contribution in [1.82, 2.24) is 0 Å². The molecule has 4 rings (SSSR count). The Balaban J connectivity index is 1.65. The van der Waals surface area contributed by atoms with Crippen molar-refractivity contribution in [2.24, 2.45) is 10.9 Å². The quantitative estimate of drug-likeness (QED) is 0.647. The Morgan fingerprint density at radius 1 is 1.10 bits per heavy atom. The van der Waals surface area contributed by atoms with E-state index in [2.05, 4.69) is 6.07 Å². The largest absolute Gasteiger partial charge is 0.497 e. The fourth-order valence-corrected chi connectivity index (χ4v) is 4.50. The van der Waals surface area contributed by atoms with E-state index in [0.717, 1.165) is 41.0 Å². The summed E-state index contributed by atoms with van der Waals surface area (Å²) in [5.74, 6) is -0.477. The molecule has 1 aliphatic heterocycles. The molecule has 2 aromatic carbocycles. The number of esters is 1. The van der Waals surface area contributed by atoms with Crippen LogP contribution in [0, 0.1) is 12.8 Å². The van der Waals surface area contributed by atoms with Crippen LogP contribution in [0.3, 0.4) is 0 Å². The molecule has 160 valence electrons. The third-order valence-electron chi connectivity index (χ3n) is 6.03. The molecule has 5 nitrogen and oxygen atoms in total. The molecule has 2 aromatic rings. The molecule has 0 N–H and O–H groups in total. The predicted molar refractivity (Wildman–Crippen MR) is 119 cm³/mol. The van der Waals surface area contributed by atoms with Crippen LogP contribution in [0.2, 0.25) is 0 Å². The number of aliphatic imine (C=N–C) groups is 1. The molecule has 0 amide bonds. The van der Waals surface area contributed by atoms with Gasteiger partial charge in [0.1, 0.15) is 18.3 Å². The Kier molecular flexibility index (Phi) is 6.03. The number of hydrogen-bond donors (Lipinski definition) is 0. The third-order valence-corrected chi connectivity index (χ3v) is 6.03. The second-order valence-electron chi connectivity index (χ2n) is 8.22. The molecule has 0 fully saturated rings. The van der Waals surface area contributed by atoms with Crippen molar-refractivity contribution in [2.75, 3.05) is 7.11 Å². The van der Waals surface area contributed by atoms with Crippen LogP contribution in [-0.4, -0.2) is 24.6 Å². The number of ketones is 1. The minimum atomic E-state index is -0.610. The summed E-state index contributed by atoms with van der Waals surface area (Å²) in [6, 6.07) is 15.5. The van der Waals surface area contributed by atoms with E-state index in [4.69, 9.17) is 14.5 Å². The van der Waals surface area contributed by atoms with E-state index >= 15 is 0 Å². The molecule has 0 bridgehead atoms. The van der Waals surface area contributed by atoms with Gasteiger partial charge in [-0.2, -0.15) is 0 Å². The molecule has 1 heterocycles. The average molecular weight is 418 g/mol. The molecule has 0 radical (unpaired) electrons. The van der Waals surface area contributed by atoms with Crippen LogP contribution in [0.5, 0.6) is 5.75 Å². The van der Waals surface area contributed by atoms with Crippen LogP contribution in [0.4, 0.5) is 0 Å². The molecule has 31 heavy (non-hydrogen) atoms. The van der Waals surface area contributed by atoms with Gasteiger partial charge < -0.3 is 9.47 Å². The van der Waals surface area contributed by atoms with Crippen molar-refractivity contribution >= 4 is 17.5 Å². The van der Waals surface area contributed by atoms with Gasteiger partial charge in [0.15, 0.2) is 5.78 Å². The fourth-order valence-electron chi connectivity index (χ4n) is 4.50. The number of carbonyl (C=O) groups excluding carboxylic acids is 2. The van der Waals surface area contributed by atoms with Crippen molar-refractivity contribution in [3.05, 3.63) is 76.5 Å². The zero-order chi connectivity index (χ0) is 22.0. The fraction of sp³-hybridized carbons (Fsp3) is 0.346. The zero-order valence-electron chi connectivity index (χ0n) is 18.2. The highest BCUT2D eigenvalue weighted by Crippen LogP contribution is 2.43. The summed E-state index contributed by atoms with van der Waals surface area (Å²) < 4.78 is 10.9. The van der Waals surface area contributed by atoms with Crippen molar-refractivity contribution < 1.29 is 19.1 Å². The average Bonchev–Trinajstić information content (AvgIpc) is 2.77. The molecule has 2 aliphatic rings. The second kappa shape index (κ2) is 8.88. The van der Waals surface area contributed by atoms with Crippen molar-refractivity contribution in [3.8, 4) is 5.75 Å². The normalized spacial score (nSPS) is 20.7. The van der Waals surface area contributed by atoms with Gasteiger partial charge in [0.25, 0.3) is 0 Å². The lowest BCUT2D eigenvalue weighted by Gasteiger charge is -2.34. The number of benzene rings is 2. The number of nitrogens with zero attached hydrogens (tertiary/aromatic N) is 1. The molecule has 1 aliphatic carbocycles. The van der Waals surface area contributed by atoms with Crippen molar-refractivity contribution in [1.29, 1.82) is 0 Å². The van der Waals surface area contributed by atoms with Gasteiger partial charge in [0.05, 0.1) is 7.11 Å². The smallest absolute Gasteiger partial charge is 0.315 e. The monoisotopic (exact) mass is 417 g/mol. The number of Topliss-reactive ketones (excluding diaryl/α,β-unsaturated/α-hetero) is 1. The van der Waals surface area contributed by atoms with Gasteiger partial charge >= 0.3 is 5.97 Å². The van der Waals surface area contributed by atoms with E-state index in [0.29, 0.717) is 17.7 Å². The van der Waals surface area contributed by atoms with Gasteiger partial charge in [-0.15, -0.1) is 0 Å². The minimum Gasteiger partial charge on any atom is -0.497 e. The molecule has 0 unspecified atom stereocenters. The molecular weight excluding hydrogens is 390 g/mol. The number of rotatable bonds is 5. The molecule has 5 heteroatoms. The standard InChI is InChI=1S/C26H27NO4/c1-16-6-4-7-19(14-16)24-23(17(2)27-21-8-5-9-22(28)25(21)24)26(29)31-15-18-10-12-20(30-3)13-11-18/h4,6-7,10-14,23-24H,5,8-9,15H2,1-3H3/t23-,24+/m1/s1. The highest BCUT2D eigenvalue weighted by molar-refractivity contribution is 6.08. The number of ether oxygens (including phenoxy) is 2. The maximum atomic E-state index is 13.3.